The lowest BCUT2D eigenvalue weighted by atomic mass is 9.84. The number of carbonyl (C=O) groups is 1. The Hall–Kier alpha value is -3.47. The first-order valence-electron chi connectivity index (χ1n) is 11.5. The number of hydrogen-bond acceptors (Lipinski definition) is 6. The molecular weight excluding hydrogens is 402 g/mol. The number of nitrogens with zero attached hydrogens (tertiary/aromatic N) is 5. The fraction of sp³-hybridized carbons (Fsp3) is 0.458. The molecule has 2 saturated carbocycles. The molecule has 2 N–H and O–H groups in total. The van der Waals surface area contributed by atoms with Crippen molar-refractivity contribution < 1.29 is 4.79 Å². The Bertz CT molecular complexity index is 1180. The zero-order valence-electron chi connectivity index (χ0n) is 18.2. The van der Waals surface area contributed by atoms with Crippen molar-refractivity contribution in [2.24, 2.45) is 5.92 Å². The van der Waals surface area contributed by atoms with Gasteiger partial charge in [-0.3, -0.25) is 4.79 Å². The van der Waals surface area contributed by atoms with Crippen molar-refractivity contribution in [3.63, 3.8) is 0 Å². The van der Waals surface area contributed by atoms with Crippen LogP contribution in [0, 0.1) is 17.2 Å². The van der Waals surface area contributed by atoms with Crippen LogP contribution in [0.15, 0.2) is 30.7 Å². The molecule has 5 rings (SSSR count). The Kier molecular flexibility index (Phi) is 5.48. The van der Waals surface area contributed by atoms with Gasteiger partial charge in [0.1, 0.15) is 6.07 Å². The first-order valence-corrected chi connectivity index (χ1v) is 11.5. The topological polar surface area (TPSA) is 109 Å². The molecule has 0 spiro atoms. The zero-order chi connectivity index (χ0) is 22.1. The number of aromatic nitrogens is 4. The minimum Gasteiger partial charge on any atom is -0.382 e. The van der Waals surface area contributed by atoms with Gasteiger partial charge in [0, 0.05) is 35.9 Å². The number of pyridine rings is 2. The van der Waals surface area contributed by atoms with Gasteiger partial charge in [0.15, 0.2) is 11.5 Å². The molecule has 0 aliphatic heterocycles. The maximum atomic E-state index is 13.1. The fourth-order valence-electron chi connectivity index (χ4n) is 4.44. The number of hydrogen-bond donors (Lipinski definition) is 2. The molecule has 2 aliphatic rings. The van der Waals surface area contributed by atoms with E-state index in [4.69, 9.17) is 5.26 Å². The summed E-state index contributed by atoms with van der Waals surface area (Å²) in [5, 5.41) is 21.0. The summed E-state index contributed by atoms with van der Waals surface area (Å²) in [5.41, 5.74) is 2.45. The largest absolute Gasteiger partial charge is 0.382 e. The molecule has 3 aromatic heterocycles. The van der Waals surface area contributed by atoms with Crippen LogP contribution in [-0.4, -0.2) is 37.7 Å². The quantitative estimate of drug-likeness (QED) is 0.614. The van der Waals surface area contributed by atoms with E-state index in [-0.39, 0.29) is 11.9 Å². The molecule has 3 heterocycles. The van der Waals surface area contributed by atoms with Crippen LogP contribution in [0.5, 0.6) is 0 Å². The van der Waals surface area contributed by atoms with E-state index >= 15 is 0 Å². The molecule has 0 saturated heterocycles. The highest BCUT2D eigenvalue weighted by atomic mass is 16.1. The van der Waals surface area contributed by atoms with Crippen LogP contribution >= 0.6 is 0 Å². The Morgan fingerprint density at radius 3 is 2.59 bits per heavy atom. The summed E-state index contributed by atoms with van der Waals surface area (Å²) in [4.78, 5) is 22.0. The van der Waals surface area contributed by atoms with Crippen molar-refractivity contribution in [2.45, 2.75) is 64.0 Å². The highest BCUT2D eigenvalue weighted by Gasteiger charge is 2.26. The van der Waals surface area contributed by atoms with Gasteiger partial charge in [0.25, 0.3) is 5.91 Å². The van der Waals surface area contributed by atoms with Crippen molar-refractivity contribution in [2.75, 3.05) is 5.32 Å². The molecule has 8 nitrogen and oxygen atoms in total. The van der Waals surface area contributed by atoms with Crippen molar-refractivity contribution in [1.29, 1.82) is 5.26 Å². The maximum absolute atomic E-state index is 13.1. The molecule has 0 radical (unpaired) electrons. The predicted molar refractivity (Wildman–Crippen MR) is 122 cm³/mol. The van der Waals surface area contributed by atoms with Gasteiger partial charge in [-0.05, 0) is 50.5 Å². The minimum absolute atomic E-state index is 0.0748. The zero-order valence-corrected chi connectivity index (χ0v) is 18.2. The summed E-state index contributed by atoms with van der Waals surface area (Å²) in [6.07, 6.45) is 12.7. The van der Waals surface area contributed by atoms with Crippen molar-refractivity contribution in [3.8, 4) is 11.9 Å². The Morgan fingerprint density at radius 1 is 1.09 bits per heavy atom. The van der Waals surface area contributed by atoms with Crippen LogP contribution in [0.2, 0.25) is 0 Å². The van der Waals surface area contributed by atoms with E-state index in [0.717, 1.165) is 42.7 Å². The average molecular weight is 430 g/mol. The van der Waals surface area contributed by atoms with E-state index in [1.54, 1.807) is 23.1 Å². The van der Waals surface area contributed by atoms with Crippen LogP contribution in [0.3, 0.4) is 0 Å². The first-order chi connectivity index (χ1) is 15.6. The number of amides is 1. The number of fused-ring (bicyclic) bond motifs is 1. The number of carbonyl (C=O) groups excluding carboxylic acids is 1. The molecule has 1 amide bonds. The summed E-state index contributed by atoms with van der Waals surface area (Å²) in [5.74, 6) is 1.30. The number of nitriles is 1. The summed E-state index contributed by atoms with van der Waals surface area (Å²) in [7, 11) is 0. The molecule has 0 unspecified atom stereocenters. The van der Waals surface area contributed by atoms with Gasteiger partial charge in [0.2, 0.25) is 0 Å². The Labute approximate surface area is 187 Å². The van der Waals surface area contributed by atoms with Gasteiger partial charge in [-0.15, -0.1) is 0 Å². The number of rotatable bonds is 6. The van der Waals surface area contributed by atoms with Gasteiger partial charge >= 0.3 is 0 Å². The molecule has 2 aliphatic carbocycles. The molecule has 2 fully saturated rings. The van der Waals surface area contributed by atoms with E-state index in [0.29, 0.717) is 28.6 Å². The van der Waals surface area contributed by atoms with Crippen molar-refractivity contribution in [1.82, 2.24) is 25.1 Å². The lowest BCUT2D eigenvalue weighted by molar-refractivity contribution is 0.0922. The van der Waals surface area contributed by atoms with Gasteiger partial charge in [0.05, 0.1) is 23.0 Å². The summed E-state index contributed by atoms with van der Waals surface area (Å²) in [6, 6.07) is 6.34. The van der Waals surface area contributed by atoms with Gasteiger partial charge in [-0.25, -0.2) is 9.97 Å². The Morgan fingerprint density at radius 2 is 1.88 bits per heavy atom. The van der Waals surface area contributed by atoms with E-state index in [1.165, 1.54) is 25.5 Å². The van der Waals surface area contributed by atoms with Crippen LogP contribution in [-0.2, 0) is 0 Å². The second-order valence-electron chi connectivity index (χ2n) is 8.91. The van der Waals surface area contributed by atoms with E-state index < -0.39 is 0 Å². The molecule has 32 heavy (non-hydrogen) atoms. The molecule has 3 aromatic rings. The molecule has 0 atom stereocenters. The lowest BCUT2D eigenvalue weighted by Crippen LogP contribution is -2.38. The van der Waals surface area contributed by atoms with Crippen LogP contribution in [0.25, 0.3) is 16.9 Å². The molecule has 0 aromatic carbocycles. The third-order valence-electron chi connectivity index (χ3n) is 6.58. The smallest absolute Gasteiger partial charge is 0.255 e. The molecule has 164 valence electrons. The van der Waals surface area contributed by atoms with Crippen LogP contribution in [0.1, 0.15) is 67.8 Å². The number of anilines is 1. The number of nitrogens with one attached hydrogen (secondary N) is 2. The maximum Gasteiger partial charge on any atom is 0.255 e. The minimum atomic E-state index is -0.0748. The molecule has 8 heteroatoms. The van der Waals surface area contributed by atoms with Crippen LogP contribution in [0.4, 0.5) is 5.69 Å². The third-order valence-corrected chi connectivity index (χ3v) is 6.58. The second kappa shape index (κ2) is 8.58. The summed E-state index contributed by atoms with van der Waals surface area (Å²) < 4.78 is 1.64. The lowest BCUT2D eigenvalue weighted by Gasteiger charge is -2.28. The van der Waals surface area contributed by atoms with E-state index in [9.17, 15) is 4.79 Å². The van der Waals surface area contributed by atoms with Crippen molar-refractivity contribution >= 4 is 22.6 Å². The van der Waals surface area contributed by atoms with Gasteiger partial charge in [-0.1, -0.05) is 13.3 Å². The monoisotopic (exact) mass is 429 g/mol. The highest BCUT2D eigenvalue weighted by molar-refractivity contribution is 6.00. The Balaban J connectivity index is 1.41. The van der Waals surface area contributed by atoms with E-state index in [2.05, 4.69) is 38.7 Å². The normalized spacial score (nSPS) is 20.6. The van der Waals surface area contributed by atoms with Gasteiger partial charge < -0.3 is 10.6 Å². The van der Waals surface area contributed by atoms with Gasteiger partial charge in [-0.2, -0.15) is 15.0 Å². The van der Waals surface area contributed by atoms with Crippen molar-refractivity contribution in [3.05, 3.63) is 41.9 Å². The fourth-order valence-corrected chi connectivity index (χ4v) is 4.44. The highest BCUT2D eigenvalue weighted by Crippen LogP contribution is 2.30. The molecular formula is C24H27N7O. The summed E-state index contributed by atoms with van der Waals surface area (Å²) >= 11 is 0. The average Bonchev–Trinajstić information content (AvgIpc) is 3.54. The second-order valence-corrected chi connectivity index (χ2v) is 8.91. The van der Waals surface area contributed by atoms with E-state index in [1.807, 2.05) is 6.07 Å². The first kappa shape index (κ1) is 20.4. The van der Waals surface area contributed by atoms with Crippen LogP contribution < -0.4 is 10.6 Å². The standard InChI is InChI=1S/C24H27N7O/c1-2-15-3-5-19(6-4-15)30-24(32)20-14-26-22(10-21(20)29-18-7-8-18)31-23-17(13-28-31)9-16(11-25)12-27-23/h9-10,12-15,18-19H,2-8H2,1H3,(H,26,29)(H,30,32)/t15-,19-. The third kappa shape index (κ3) is 4.15. The molecule has 0 bridgehead atoms. The predicted octanol–water partition coefficient (Wildman–Crippen LogP) is 3.96. The SMILES string of the molecule is CC[C@H]1CC[C@H](NC(=O)c2cnc(-n3ncc4cc(C#N)cnc43)cc2NC2CC2)CC1. The summed E-state index contributed by atoms with van der Waals surface area (Å²) in [6.45, 7) is 2.24.